The first-order valence-electron chi connectivity index (χ1n) is 10.8. The predicted molar refractivity (Wildman–Crippen MR) is 118 cm³/mol. The van der Waals surface area contributed by atoms with E-state index < -0.39 is 18.0 Å². The Morgan fingerprint density at radius 3 is 2.47 bits per heavy atom. The molecule has 2 aromatic carbocycles. The predicted octanol–water partition coefficient (Wildman–Crippen LogP) is 3.21. The number of carbonyl (C=O) groups is 2. The standard InChI is InChI=1S/C24H28N2O6/c1-15-11-26(12-16(2)31-15)13-18-4-6-19(7-5-18)24(28)32-17(3)23(27)25-20-8-9-21-22(10-20)30-14-29-21/h4-10,15-17H,11-14H2,1-3H3,(H,25,27)/t15-,16+,17-/m1/s1. The largest absolute Gasteiger partial charge is 0.454 e. The molecule has 2 heterocycles. The van der Waals surface area contributed by atoms with Crippen molar-refractivity contribution in [3.8, 4) is 11.5 Å². The van der Waals surface area contributed by atoms with Crippen molar-refractivity contribution in [1.29, 1.82) is 0 Å². The van der Waals surface area contributed by atoms with Gasteiger partial charge in [0, 0.05) is 31.4 Å². The second-order valence-electron chi connectivity index (χ2n) is 8.25. The molecule has 8 heteroatoms. The number of esters is 1. The minimum atomic E-state index is -0.955. The number of rotatable bonds is 6. The van der Waals surface area contributed by atoms with Crippen LogP contribution in [0, 0.1) is 0 Å². The van der Waals surface area contributed by atoms with Crippen LogP contribution in [0.3, 0.4) is 0 Å². The van der Waals surface area contributed by atoms with Crippen LogP contribution >= 0.6 is 0 Å². The van der Waals surface area contributed by atoms with E-state index >= 15 is 0 Å². The highest BCUT2D eigenvalue weighted by Gasteiger charge is 2.23. The molecule has 4 rings (SSSR count). The summed E-state index contributed by atoms with van der Waals surface area (Å²) in [7, 11) is 0. The van der Waals surface area contributed by atoms with Gasteiger partial charge in [-0.05, 0) is 50.6 Å². The smallest absolute Gasteiger partial charge is 0.338 e. The van der Waals surface area contributed by atoms with Gasteiger partial charge in [-0.25, -0.2) is 4.79 Å². The molecule has 32 heavy (non-hydrogen) atoms. The summed E-state index contributed by atoms with van der Waals surface area (Å²) in [5.41, 5.74) is 2.05. The molecule has 2 aromatic rings. The maximum atomic E-state index is 12.5. The van der Waals surface area contributed by atoms with Crippen LogP contribution in [-0.4, -0.2) is 55.0 Å². The molecule has 0 aromatic heterocycles. The molecular weight excluding hydrogens is 412 g/mol. The molecule has 0 unspecified atom stereocenters. The van der Waals surface area contributed by atoms with Crippen LogP contribution in [0.1, 0.15) is 36.7 Å². The molecule has 0 radical (unpaired) electrons. The van der Waals surface area contributed by atoms with E-state index in [4.69, 9.17) is 18.9 Å². The highest BCUT2D eigenvalue weighted by Crippen LogP contribution is 2.34. The van der Waals surface area contributed by atoms with Crippen molar-refractivity contribution in [3.63, 3.8) is 0 Å². The Morgan fingerprint density at radius 1 is 1.06 bits per heavy atom. The van der Waals surface area contributed by atoms with E-state index in [0.717, 1.165) is 25.2 Å². The molecule has 8 nitrogen and oxygen atoms in total. The van der Waals surface area contributed by atoms with E-state index in [1.165, 1.54) is 6.92 Å². The zero-order chi connectivity index (χ0) is 22.7. The fourth-order valence-corrected chi connectivity index (χ4v) is 3.92. The van der Waals surface area contributed by atoms with E-state index in [-0.39, 0.29) is 19.0 Å². The van der Waals surface area contributed by atoms with Gasteiger partial charge >= 0.3 is 5.97 Å². The zero-order valence-electron chi connectivity index (χ0n) is 18.5. The quantitative estimate of drug-likeness (QED) is 0.691. The van der Waals surface area contributed by atoms with Crippen molar-refractivity contribution >= 4 is 17.6 Å². The summed E-state index contributed by atoms with van der Waals surface area (Å²) >= 11 is 0. The SMILES string of the molecule is C[C@@H]1CN(Cc2ccc(C(=O)O[C@H](C)C(=O)Nc3ccc4c(c3)OCO4)cc2)C[C@H](C)O1. The van der Waals surface area contributed by atoms with Gasteiger partial charge in [-0.1, -0.05) is 12.1 Å². The lowest BCUT2D eigenvalue weighted by molar-refractivity contribution is -0.123. The molecule has 0 saturated carbocycles. The lowest BCUT2D eigenvalue weighted by Gasteiger charge is -2.35. The van der Waals surface area contributed by atoms with Crippen molar-refractivity contribution in [2.45, 2.75) is 45.6 Å². The van der Waals surface area contributed by atoms with E-state index in [0.29, 0.717) is 22.7 Å². The summed E-state index contributed by atoms with van der Waals surface area (Å²) in [6.45, 7) is 8.40. The average Bonchev–Trinajstić information content (AvgIpc) is 3.21. The fourth-order valence-electron chi connectivity index (χ4n) is 3.92. The van der Waals surface area contributed by atoms with Crippen molar-refractivity contribution in [2.24, 2.45) is 0 Å². The summed E-state index contributed by atoms with van der Waals surface area (Å²) in [5.74, 6) is 0.222. The van der Waals surface area contributed by atoms with Gasteiger partial charge in [0.15, 0.2) is 17.6 Å². The highest BCUT2D eigenvalue weighted by atomic mass is 16.7. The molecular formula is C24H28N2O6. The maximum absolute atomic E-state index is 12.5. The van der Waals surface area contributed by atoms with Crippen LogP contribution in [0.2, 0.25) is 0 Å². The Kier molecular flexibility index (Phi) is 6.62. The van der Waals surface area contributed by atoms with Crippen LogP contribution in [0.25, 0.3) is 0 Å². The first-order chi connectivity index (χ1) is 15.4. The minimum absolute atomic E-state index is 0.157. The van der Waals surface area contributed by atoms with Crippen LogP contribution in [0.15, 0.2) is 42.5 Å². The Bertz CT molecular complexity index is 967. The summed E-state index contributed by atoms with van der Waals surface area (Å²) in [4.78, 5) is 27.3. The monoisotopic (exact) mass is 440 g/mol. The lowest BCUT2D eigenvalue weighted by Crippen LogP contribution is -2.44. The third kappa shape index (κ3) is 5.38. The van der Waals surface area contributed by atoms with E-state index in [1.54, 1.807) is 30.3 Å². The van der Waals surface area contributed by atoms with E-state index in [2.05, 4.69) is 24.1 Å². The summed E-state index contributed by atoms with van der Waals surface area (Å²) in [6, 6.07) is 12.4. The number of amides is 1. The van der Waals surface area contributed by atoms with Gasteiger partial charge in [-0.15, -0.1) is 0 Å². The molecule has 1 amide bonds. The summed E-state index contributed by atoms with van der Waals surface area (Å²) in [5, 5.41) is 2.72. The number of benzene rings is 2. The van der Waals surface area contributed by atoms with Gasteiger partial charge in [0.2, 0.25) is 6.79 Å². The van der Waals surface area contributed by atoms with Gasteiger partial charge in [-0.3, -0.25) is 9.69 Å². The number of hydrogen-bond donors (Lipinski definition) is 1. The van der Waals surface area contributed by atoms with Gasteiger partial charge in [0.05, 0.1) is 17.8 Å². The van der Waals surface area contributed by atoms with Gasteiger partial charge in [-0.2, -0.15) is 0 Å². The highest BCUT2D eigenvalue weighted by molar-refractivity contribution is 5.97. The van der Waals surface area contributed by atoms with Crippen molar-refractivity contribution < 1.29 is 28.5 Å². The van der Waals surface area contributed by atoms with Crippen LogP contribution < -0.4 is 14.8 Å². The van der Waals surface area contributed by atoms with E-state index in [1.807, 2.05) is 12.1 Å². The molecule has 0 spiro atoms. The number of ether oxygens (including phenoxy) is 4. The normalized spacial score (nSPS) is 21.1. The number of fused-ring (bicyclic) bond motifs is 1. The Hall–Kier alpha value is -3.10. The maximum Gasteiger partial charge on any atom is 0.338 e. The van der Waals surface area contributed by atoms with Gasteiger partial charge in [0.1, 0.15) is 0 Å². The average molecular weight is 440 g/mol. The zero-order valence-corrected chi connectivity index (χ0v) is 18.5. The summed E-state index contributed by atoms with van der Waals surface area (Å²) < 4.78 is 21.7. The number of morpholine rings is 1. The van der Waals surface area contributed by atoms with Crippen LogP contribution in [-0.2, 0) is 20.8 Å². The van der Waals surface area contributed by atoms with Gasteiger partial charge < -0.3 is 24.3 Å². The Balaban J connectivity index is 1.29. The lowest BCUT2D eigenvalue weighted by atomic mass is 10.1. The van der Waals surface area contributed by atoms with Crippen molar-refractivity contribution in [2.75, 3.05) is 25.2 Å². The number of nitrogens with zero attached hydrogens (tertiary/aromatic N) is 1. The number of nitrogens with one attached hydrogen (secondary N) is 1. The Labute approximate surface area is 187 Å². The molecule has 0 aliphatic carbocycles. The molecule has 0 bridgehead atoms. The topological polar surface area (TPSA) is 86.3 Å². The third-order valence-corrected chi connectivity index (χ3v) is 5.38. The number of carbonyl (C=O) groups excluding carboxylic acids is 2. The third-order valence-electron chi connectivity index (χ3n) is 5.38. The minimum Gasteiger partial charge on any atom is -0.454 e. The molecule has 1 fully saturated rings. The van der Waals surface area contributed by atoms with Crippen LogP contribution in [0.4, 0.5) is 5.69 Å². The first kappa shape index (κ1) is 22.1. The first-order valence-corrected chi connectivity index (χ1v) is 10.8. The number of hydrogen-bond acceptors (Lipinski definition) is 7. The molecule has 1 saturated heterocycles. The number of anilines is 1. The molecule has 2 aliphatic heterocycles. The van der Waals surface area contributed by atoms with Gasteiger partial charge in [0.25, 0.3) is 5.91 Å². The fraction of sp³-hybridized carbons (Fsp3) is 0.417. The summed E-state index contributed by atoms with van der Waals surface area (Å²) in [6.07, 6.45) is -0.541. The Morgan fingerprint density at radius 2 is 1.75 bits per heavy atom. The second-order valence-corrected chi connectivity index (χ2v) is 8.25. The molecule has 170 valence electrons. The molecule has 2 aliphatic rings. The van der Waals surface area contributed by atoms with Crippen LogP contribution in [0.5, 0.6) is 11.5 Å². The second kappa shape index (κ2) is 9.58. The molecule has 3 atom stereocenters. The van der Waals surface area contributed by atoms with E-state index in [9.17, 15) is 9.59 Å². The molecule has 1 N–H and O–H groups in total. The van der Waals surface area contributed by atoms with Crippen molar-refractivity contribution in [1.82, 2.24) is 4.90 Å². The van der Waals surface area contributed by atoms with Crippen molar-refractivity contribution in [3.05, 3.63) is 53.6 Å².